The molecule has 0 aliphatic carbocycles. The molecule has 0 aromatic carbocycles. The van der Waals surface area contributed by atoms with Gasteiger partial charge >= 0.3 is 0 Å². The largest absolute Gasteiger partial charge is 0.342 e. The lowest BCUT2D eigenvalue weighted by molar-refractivity contribution is -0.143. The van der Waals surface area contributed by atoms with Gasteiger partial charge in [-0.1, -0.05) is 13.8 Å². The molecule has 0 spiro atoms. The zero-order chi connectivity index (χ0) is 14.6. The number of halogens is 2. The van der Waals surface area contributed by atoms with E-state index in [1.54, 1.807) is 0 Å². The Labute approximate surface area is 147 Å². The molecule has 4 nitrogen and oxygen atoms in total. The maximum atomic E-state index is 12.8. The van der Waals surface area contributed by atoms with E-state index in [9.17, 15) is 4.79 Å². The molecule has 2 heterocycles. The van der Waals surface area contributed by atoms with Crippen LogP contribution in [0.25, 0.3) is 0 Å². The van der Waals surface area contributed by atoms with Gasteiger partial charge in [0, 0.05) is 25.7 Å². The molecule has 0 saturated carbocycles. The molecule has 1 atom stereocenters. The normalized spacial score (nSPS) is 22.9. The van der Waals surface area contributed by atoms with Crippen molar-refractivity contribution in [2.75, 3.05) is 26.2 Å². The highest BCUT2D eigenvalue weighted by Gasteiger charge is 2.39. The fourth-order valence-electron chi connectivity index (χ4n) is 3.88. The minimum Gasteiger partial charge on any atom is -0.342 e. The van der Waals surface area contributed by atoms with E-state index in [2.05, 4.69) is 24.1 Å². The average molecular weight is 354 g/mol. The summed E-state index contributed by atoms with van der Waals surface area (Å²) in [6.07, 6.45) is 6.63. The first-order valence-electron chi connectivity index (χ1n) is 8.39. The summed E-state index contributed by atoms with van der Waals surface area (Å²) in [4.78, 5) is 14.8. The molecule has 2 rings (SSSR count). The molecule has 1 unspecified atom stereocenters. The molecule has 0 bridgehead atoms. The van der Waals surface area contributed by atoms with Crippen molar-refractivity contribution in [2.24, 2.45) is 17.1 Å². The number of hydrogen-bond donors (Lipinski definition) is 2. The van der Waals surface area contributed by atoms with Crippen LogP contribution in [0.15, 0.2) is 0 Å². The van der Waals surface area contributed by atoms with Gasteiger partial charge in [-0.3, -0.25) is 4.79 Å². The first kappa shape index (κ1) is 22.0. The number of amides is 1. The van der Waals surface area contributed by atoms with Crippen LogP contribution >= 0.6 is 24.8 Å². The predicted molar refractivity (Wildman–Crippen MR) is 96.9 cm³/mol. The Hall–Kier alpha value is -0.0300. The van der Waals surface area contributed by atoms with Gasteiger partial charge in [0.2, 0.25) is 5.91 Å². The number of nitrogens with one attached hydrogen (secondary N) is 1. The van der Waals surface area contributed by atoms with Crippen LogP contribution in [-0.4, -0.2) is 43.0 Å². The van der Waals surface area contributed by atoms with Crippen LogP contribution in [0, 0.1) is 11.3 Å². The van der Waals surface area contributed by atoms with Crippen LogP contribution in [0.1, 0.15) is 52.4 Å². The van der Waals surface area contributed by atoms with Crippen molar-refractivity contribution in [1.82, 2.24) is 10.2 Å². The van der Waals surface area contributed by atoms with Crippen LogP contribution in [0.5, 0.6) is 0 Å². The Morgan fingerprint density at radius 1 is 1.18 bits per heavy atom. The molecular weight excluding hydrogens is 321 g/mol. The second-order valence-electron chi connectivity index (χ2n) is 6.52. The van der Waals surface area contributed by atoms with Crippen LogP contribution in [0.4, 0.5) is 0 Å². The van der Waals surface area contributed by atoms with E-state index in [0.717, 1.165) is 44.7 Å². The summed E-state index contributed by atoms with van der Waals surface area (Å²) in [6, 6.07) is 0.698. The number of nitrogens with zero attached hydrogens (tertiary/aromatic N) is 1. The Morgan fingerprint density at radius 3 is 2.18 bits per heavy atom. The van der Waals surface area contributed by atoms with Crippen molar-refractivity contribution in [2.45, 2.75) is 58.4 Å². The van der Waals surface area contributed by atoms with E-state index < -0.39 is 0 Å². The lowest BCUT2D eigenvalue weighted by Gasteiger charge is -2.40. The Balaban J connectivity index is 0.00000220. The summed E-state index contributed by atoms with van der Waals surface area (Å²) in [6.45, 7) is 7.66. The van der Waals surface area contributed by atoms with Crippen LogP contribution < -0.4 is 11.1 Å². The molecule has 2 saturated heterocycles. The molecule has 0 radical (unpaired) electrons. The van der Waals surface area contributed by atoms with Gasteiger partial charge in [-0.05, 0) is 51.0 Å². The molecule has 2 aliphatic heterocycles. The fourth-order valence-corrected chi connectivity index (χ4v) is 3.88. The Morgan fingerprint density at radius 2 is 1.77 bits per heavy atom. The fraction of sp³-hybridized carbons (Fsp3) is 0.938. The van der Waals surface area contributed by atoms with Crippen molar-refractivity contribution < 1.29 is 4.79 Å². The van der Waals surface area contributed by atoms with Gasteiger partial charge in [0.1, 0.15) is 0 Å². The number of piperidine rings is 1. The van der Waals surface area contributed by atoms with Crippen molar-refractivity contribution in [3.05, 3.63) is 0 Å². The second kappa shape index (κ2) is 9.96. The molecule has 2 fully saturated rings. The third-order valence-electron chi connectivity index (χ3n) is 5.69. The zero-order valence-corrected chi connectivity index (χ0v) is 15.6. The maximum Gasteiger partial charge on any atom is 0.230 e. The predicted octanol–water partition coefficient (Wildman–Crippen LogP) is 2.59. The third kappa shape index (κ3) is 4.50. The van der Waals surface area contributed by atoms with E-state index >= 15 is 0 Å². The molecule has 0 aromatic heterocycles. The monoisotopic (exact) mass is 353 g/mol. The molecule has 2 aliphatic rings. The number of carbonyl (C=O) groups is 1. The first-order chi connectivity index (χ1) is 9.66. The van der Waals surface area contributed by atoms with E-state index in [1.807, 2.05) is 0 Å². The highest BCUT2D eigenvalue weighted by Crippen LogP contribution is 2.31. The van der Waals surface area contributed by atoms with Crippen molar-refractivity contribution >= 4 is 30.7 Å². The molecule has 3 N–H and O–H groups in total. The topological polar surface area (TPSA) is 58.4 Å². The quantitative estimate of drug-likeness (QED) is 0.798. The van der Waals surface area contributed by atoms with Gasteiger partial charge in [0.05, 0.1) is 5.41 Å². The summed E-state index contributed by atoms with van der Waals surface area (Å²) in [7, 11) is 0. The van der Waals surface area contributed by atoms with Gasteiger partial charge in [0.25, 0.3) is 0 Å². The average Bonchev–Trinajstić information content (AvgIpc) is 3.04. The SMILES string of the molecule is CCC(CC)(CN)C(=O)N1CCC(C2CCCN2)CC1.Cl.Cl. The van der Waals surface area contributed by atoms with Crippen molar-refractivity contribution in [3.8, 4) is 0 Å². The highest BCUT2D eigenvalue weighted by molar-refractivity contribution is 5.85. The van der Waals surface area contributed by atoms with Crippen LogP contribution in [0.2, 0.25) is 0 Å². The van der Waals surface area contributed by atoms with Gasteiger partial charge in [-0.25, -0.2) is 0 Å². The highest BCUT2D eigenvalue weighted by atomic mass is 35.5. The van der Waals surface area contributed by atoms with Crippen LogP contribution in [0.3, 0.4) is 0 Å². The smallest absolute Gasteiger partial charge is 0.230 e. The molecule has 22 heavy (non-hydrogen) atoms. The summed E-state index contributed by atoms with van der Waals surface area (Å²) >= 11 is 0. The standard InChI is InChI=1S/C16H31N3O.2ClH/c1-3-16(4-2,12-17)15(20)19-10-7-13(8-11-19)14-6-5-9-18-14;;/h13-14,18H,3-12,17H2,1-2H3;2*1H. The minimum atomic E-state index is -0.321. The van der Waals surface area contributed by atoms with Crippen molar-refractivity contribution in [3.63, 3.8) is 0 Å². The van der Waals surface area contributed by atoms with Gasteiger partial charge in [-0.15, -0.1) is 24.8 Å². The second-order valence-corrected chi connectivity index (χ2v) is 6.52. The number of nitrogens with two attached hydrogens (primary N) is 1. The van der Waals surface area contributed by atoms with Crippen LogP contribution in [-0.2, 0) is 4.79 Å². The molecule has 6 heteroatoms. The minimum absolute atomic E-state index is 0. The molecule has 132 valence electrons. The van der Waals surface area contributed by atoms with Gasteiger partial charge in [0.15, 0.2) is 0 Å². The lowest BCUT2D eigenvalue weighted by Crippen LogP contribution is -2.51. The summed E-state index contributed by atoms with van der Waals surface area (Å²) in [5, 5.41) is 3.61. The molecular formula is C16H33Cl2N3O. The zero-order valence-electron chi connectivity index (χ0n) is 14.0. The maximum absolute atomic E-state index is 12.8. The van der Waals surface area contributed by atoms with E-state index in [-0.39, 0.29) is 30.2 Å². The van der Waals surface area contributed by atoms with Crippen molar-refractivity contribution in [1.29, 1.82) is 0 Å². The van der Waals surface area contributed by atoms with E-state index in [0.29, 0.717) is 18.5 Å². The summed E-state index contributed by atoms with van der Waals surface area (Å²) < 4.78 is 0. The van der Waals surface area contributed by atoms with E-state index in [4.69, 9.17) is 5.73 Å². The summed E-state index contributed by atoms with van der Waals surface area (Å²) in [5.41, 5.74) is 5.58. The lowest BCUT2D eigenvalue weighted by atomic mass is 9.79. The number of carbonyl (C=O) groups excluding carboxylic acids is 1. The van der Waals surface area contributed by atoms with E-state index in [1.165, 1.54) is 19.4 Å². The van der Waals surface area contributed by atoms with Gasteiger partial charge in [-0.2, -0.15) is 0 Å². The molecule has 1 amide bonds. The Bertz CT molecular complexity index is 315. The summed E-state index contributed by atoms with van der Waals surface area (Å²) in [5.74, 6) is 1.06. The third-order valence-corrected chi connectivity index (χ3v) is 5.69. The first-order valence-corrected chi connectivity index (χ1v) is 8.39. The number of rotatable bonds is 5. The number of likely N-dealkylation sites (tertiary alicyclic amines) is 1. The number of hydrogen-bond acceptors (Lipinski definition) is 3. The Kier molecular flexibility index (Phi) is 9.95. The van der Waals surface area contributed by atoms with Gasteiger partial charge < -0.3 is 16.0 Å². The molecule has 0 aromatic rings.